The highest BCUT2D eigenvalue weighted by Crippen LogP contribution is 2.30. The van der Waals surface area contributed by atoms with Crippen molar-refractivity contribution in [3.05, 3.63) is 64.2 Å². The number of non-ortho nitro benzene ring substituents is 1. The van der Waals surface area contributed by atoms with Gasteiger partial charge in [-0.3, -0.25) is 10.1 Å². The van der Waals surface area contributed by atoms with E-state index in [4.69, 9.17) is 4.74 Å². The molecule has 27 heavy (non-hydrogen) atoms. The Morgan fingerprint density at radius 2 is 1.93 bits per heavy atom. The highest BCUT2D eigenvalue weighted by atomic mass is 19.3. The summed E-state index contributed by atoms with van der Waals surface area (Å²) in [5.74, 6) is -0.392. The molecule has 0 heterocycles. The fourth-order valence-electron chi connectivity index (χ4n) is 2.28. The number of nitro groups is 1. The molecule has 2 amide bonds. The van der Waals surface area contributed by atoms with Crippen molar-refractivity contribution in [3.63, 3.8) is 0 Å². The molecule has 2 aromatic rings. The molecule has 2 rings (SSSR count). The van der Waals surface area contributed by atoms with Gasteiger partial charge in [-0.15, -0.1) is 0 Å². The van der Waals surface area contributed by atoms with E-state index in [1.165, 1.54) is 7.11 Å². The number of anilines is 1. The highest BCUT2D eigenvalue weighted by molar-refractivity contribution is 5.91. The number of hydrogen-bond donors (Lipinski definition) is 2. The SMILES string of the molecule is COC(CNC(=O)Nc1cc([N+](=O)[O-])ccc1OC(F)F)c1ccccc1. The molecule has 0 bridgehead atoms. The molecular weight excluding hydrogens is 364 g/mol. The van der Waals surface area contributed by atoms with Gasteiger partial charge in [-0.05, 0) is 11.6 Å². The molecule has 2 aromatic carbocycles. The van der Waals surface area contributed by atoms with Crippen LogP contribution in [0.1, 0.15) is 11.7 Å². The Kier molecular flexibility index (Phi) is 7.00. The third-order valence-corrected chi connectivity index (χ3v) is 3.54. The number of rotatable bonds is 8. The molecule has 10 heteroatoms. The first-order valence-corrected chi connectivity index (χ1v) is 7.76. The summed E-state index contributed by atoms with van der Waals surface area (Å²) in [6, 6.07) is 11.3. The lowest BCUT2D eigenvalue weighted by Crippen LogP contribution is -2.33. The highest BCUT2D eigenvalue weighted by Gasteiger charge is 2.18. The molecule has 0 saturated heterocycles. The molecule has 0 radical (unpaired) electrons. The van der Waals surface area contributed by atoms with Crippen LogP contribution in [0.5, 0.6) is 5.75 Å². The molecule has 0 saturated carbocycles. The van der Waals surface area contributed by atoms with E-state index < -0.39 is 29.4 Å². The molecule has 8 nitrogen and oxygen atoms in total. The first kappa shape index (κ1) is 20.0. The van der Waals surface area contributed by atoms with Crippen LogP contribution < -0.4 is 15.4 Å². The Morgan fingerprint density at radius 3 is 2.52 bits per heavy atom. The molecule has 0 aliphatic heterocycles. The third-order valence-electron chi connectivity index (χ3n) is 3.54. The number of carbonyl (C=O) groups excluding carboxylic acids is 1. The zero-order valence-electron chi connectivity index (χ0n) is 14.2. The van der Waals surface area contributed by atoms with E-state index >= 15 is 0 Å². The molecule has 0 aromatic heterocycles. The molecule has 2 N–H and O–H groups in total. The van der Waals surface area contributed by atoms with Crippen LogP contribution >= 0.6 is 0 Å². The minimum atomic E-state index is -3.15. The second-order valence-electron chi connectivity index (χ2n) is 5.29. The smallest absolute Gasteiger partial charge is 0.387 e. The fourth-order valence-corrected chi connectivity index (χ4v) is 2.28. The van der Waals surface area contributed by atoms with Gasteiger partial charge in [0.2, 0.25) is 0 Å². The van der Waals surface area contributed by atoms with Crippen LogP contribution in [0.2, 0.25) is 0 Å². The Morgan fingerprint density at radius 1 is 1.22 bits per heavy atom. The van der Waals surface area contributed by atoms with Crippen molar-refractivity contribution >= 4 is 17.4 Å². The lowest BCUT2D eigenvalue weighted by Gasteiger charge is -2.17. The van der Waals surface area contributed by atoms with E-state index in [1.807, 2.05) is 30.3 Å². The molecule has 144 valence electrons. The molecule has 0 aliphatic rings. The van der Waals surface area contributed by atoms with Gasteiger partial charge >= 0.3 is 12.6 Å². The minimum Gasteiger partial charge on any atom is -0.433 e. The number of nitrogens with one attached hydrogen (secondary N) is 2. The van der Waals surface area contributed by atoms with Crippen LogP contribution in [0, 0.1) is 10.1 Å². The molecule has 0 aliphatic carbocycles. The van der Waals surface area contributed by atoms with Crippen LogP contribution in [-0.4, -0.2) is 31.2 Å². The van der Waals surface area contributed by atoms with Crippen LogP contribution in [0.4, 0.5) is 25.0 Å². The third kappa shape index (κ3) is 5.89. The van der Waals surface area contributed by atoms with Gasteiger partial charge < -0.3 is 20.1 Å². The normalized spacial score (nSPS) is 11.7. The Bertz CT molecular complexity index is 789. The number of ether oxygens (including phenoxy) is 2. The molecule has 1 unspecified atom stereocenters. The van der Waals surface area contributed by atoms with Crippen molar-refractivity contribution < 1.29 is 28.0 Å². The molecule has 1 atom stereocenters. The predicted molar refractivity (Wildman–Crippen MR) is 92.9 cm³/mol. The summed E-state index contributed by atoms with van der Waals surface area (Å²) in [6.07, 6.45) is -0.432. The van der Waals surface area contributed by atoms with Gasteiger partial charge in [0.15, 0.2) is 0 Å². The Hall–Kier alpha value is -3.27. The number of nitro benzene ring substituents is 1. The summed E-state index contributed by atoms with van der Waals surface area (Å²) in [6.45, 7) is -3.06. The van der Waals surface area contributed by atoms with Gasteiger partial charge in [0.1, 0.15) is 5.75 Å². The second kappa shape index (κ2) is 9.43. The summed E-state index contributed by atoms with van der Waals surface area (Å²) >= 11 is 0. The number of nitrogens with zero attached hydrogens (tertiary/aromatic N) is 1. The number of methoxy groups -OCH3 is 1. The van der Waals surface area contributed by atoms with Crippen molar-refractivity contribution in [2.45, 2.75) is 12.7 Å². The zero-order chi connectivity index (χ0) is 19.8. The van der Waals surface area contributed by atoms with Gasteiger partial charge in [-0.2, -0.15) is 8.78 Å². The van der Waals surface area contributed by atoms with Gasteiger partial charge in [0.25, 0.3) is 5.69 Å². The second-order valence-corrected chi connectivity index (χ2v) is 5.29. The number of urea groups is 1. The lowest BCUT2D eigenvalue weighted by atomic mass is 10.1. The van der Waals surface area contributed by atoms with Crippen molar-refractivity contribution in [1.82, 2.24) is 5.32 Å². The van der Waals surface area contributed by atoms with Gasteiger partial charge in [-0.25, -0.2) is 4.79 Å². The average Bonchev–Trinajstić information content (AvgIpc) is 2.64. The standard InChI is InChI=1S/C17H17F2N3O5/c1-26-15(11-5-3-2-4-6-11)10-20-17(23)21-13-9-12(22(24)25)7-8-14(13)27-16(18)19/h2-9,15-16H,10H2,1H3,(H2,20,21,23). The maximum absolute atomic E-state index is 12.5. The van der Waals surface area contributed by atoms with E-state index in [9.17, 15) is 23.7 Å². The number of alkyl halides is 2. The fraction of sp³-hybridized carbons (Fsp3) is 0.235. The molecular formula is C17H17F2N3O5. The van der Waals surface area contributed by atoms with Crippen molar-refractivity contribution in [1.29, 1.82) is 0 Å². The minimum absolute atomic E-state index is 0.0896. The number of halogens is 2. The number of carbonyl (C=O) groups is 1. The Labute approximate surface area is 153 Å². The van der Waals surface area contributed by atoms with E-state index in [0.29, 0.717) is 0 Å². The topological polar surface area (TPSA) is 103 Å². The van der Waals surface area contributed by atoms with Gasteiger partial charge in [0, 0.05) is 25.8 Å². The van der Waals surface area contributed by atoms with E-state index in [-0.39, 0.29) is 17.9 Å². The first-order chi connectivity index (χ1) is 12.9. The summed E-state index contributed by atoms with van der Waals surface area (Å²) in [7, 11) is 1.48. The lowest BCUT2D eigenvalue weighted by molar-refractivity contribution is -0.384. The van der Waals surface area contributed by atoms with Crippen molar-refractivity contribution in [3.8, 4) is 5.75 Å². The van der Waals surface area contributed by atoms with Crippen LogP contribution in [0.3, 0.4) is 0 Å². The summed E-state index contributed by atoms with van der Waals surface area (Å²) in [4.78, 5) is 22.2. The van der Waals surface area contributed by atoms with Gasteiger partial charge in [-0.1, -0.05) is 30.3 Å². The molecule has 0 fully saturated rings. The predicted octanol–water partition coefficient (Wildman–Crippen LogP) is 3.71. The summed E-state index contributed by atoms with van der Waals surface area (Å²) in [5.41, 5.74) is 0.194. The number of benzene rings is 2. The van der Waals surface area contributed by atoms with Crippen molar-refractivity contribution in [2.24, 2.45) is 0 Å². The maximum atomic E-state index is 12.5. The van der Waals surface area contributed by atoms with Crippen LogP contribution in [0.25, 0.3) is 0 Å². The van der Waals surface area contributed by atoms with E-state index in [0.717, 1.165) is 23.8 Å². The maximum Gasteiger partial charge on any atom is 0.387 e. The summed E-state index contributed by atoms with van der Waals surface area (Å²) < 4.78 is 34.5. The Balaban J connectivity index is 2.07. The number of amides is 2. The van der Waals surface area contributed by atoms with Crippen LogP contribution in [0.15, 0.2) is 48.5 Å². The largest absolute Gasteiger partial charge is 0.433 e. The monoisotopic (exact) mass is 381 g/mol. The van der Waals surface area contributed by atoms with Crippen LogP contribution in [-0.2, 0) is 4.74 Å². The average molecular weight is 381 g/mol. The number of hydrogen-bond acceptors (Lipinski definition) is 5. The molecule has 0 spiro atoms. The van der Waals surface area contributed by atoms with Crippen molar-refractivity contribution in [2.75, 3.05) is 19.0 Å². The quantitative estimate of drug-likeness (QED) is 0.536. The van der Waals surface area contributed by atoms with E-state index in [2.05, 4.69) is 15.4 Å². The van der Waals surface area contributed by atoms with E-state index in [1.54, 1.807) is 0 Å². The first-order valence-electron chi connectivity index (χ1n) is 7.76. The summed E-state index contributed by atoms with van der Waals surface area (Å²) in [5, 5.41) is 15.7. The van der Waals surface area contributed by atoms with Gasteiger partial charge in [0.05, 0.1) is 16.7 Å². The zero-order valence-corrected chi connectivity index (χ0v) is 14.2.